The van der Waals surface area contributed by atoms with Crippen LogP contribution in [0.3, 0.4) is 0 Å². The number of amides is 1. The van der Waals surface area contributed by atoms with Gasteiger partial charge in [-0.05, 0) is 58.1 Å². The number of carbonyl (C=O) groups excluding carboxylic acids is 1. The minimum atomic E-state index is -0.0534. The van der Waals surface area contributed by atoms with E-state index in [1.54, 1.807) is 7.11 Å². The van der Waals surface area contributed by atoms with Crippen LogP contribution in [0.15, 0.2) is 46.9 Å². The summed E-state index contributed by atoms with van der Waals surface area (Å²) in [6, 6.07) is 13.5. The normalized spacial score (nSPS) is 10.6. The van der Waals surface area contributed by atoms with Gasteiger partial charge < -0.3 is 14.8 Å². The van der Waals surface area contributed by atoms with Gasteiger partial charge in [-0.15, -0.1) is 0 Å². The predicted molar refractivity (Wildman–Crippen MR) is 105 cm³/mol. The van der Waals surface area contributed by atoms with Crippen molar-refractivity contribution in [3.8, 4) is 11.5 Å². The van der Waals surface area contributed by atoms with E-state index >= 15 is 0 Å². The molecule has 0 aromatic heterocycles. The largest absolute Gasteiger partial charge is 0.495 e. The second-order valence-electron chi connectivity index (χ2n) is 6.05. The van der Waals surface area contributed by atoms with Crippen LogP contribution in [0, 0.1) is 0 Å². The Morgan fingerprint density at radius 3 is 2.60 bits per heavy atom. The SMILES string of the molecule is COc1ccccc1NC(=O)CCCOc1ccc(C(C)C)cc1Br. The molecule has 2 rings (SSSR count). The van der Waals surface area contributed by atoms with E-state index in [-0.39, 0.29) is 5.91 Å². The van der Waals surface area contributed by atoms with Crippen LogP contribution in [0.5, 0.6) is 11.5 Å². The summed E-state index contributed by atoms with van der Waals surface area (Å²) in [6.45, 7) is 4.80. The maximum absolute atomic E-state index is 12.0. The Balaban J connectivity index is 1.78. The number of hydrogen-bond donors (Lipinski definition) is 1. The fourth-order valence-corrected chi connectivity index (χ4v) is 2.88. The van der Waals surface area contributed by atoms with Crippen molar-refractivity contribution < 1.29 is 14.3 Å². The lowest BCUT2D eigenvalue weighted by Gasteiger charge is -2.12. The first-order valence-corrected chi connectivity index (χ1v) is 9.15. The summed E-state index contributed by atoms with van der Waals surface area (Å²) >= 11 is 3.54. The van der Waals surface area contributed by atoms with Crippen LogP contribution in [0.4, 0.5) is 5.69 Å². The molecule has 134 valence electrons. The molecule has 0 aliphatic carbocycles. The minimum Gasteiger partial charge on any atom is -0.495 e. The number of methoxy groups -OCH3 is 1. The smallest absolute Gasteiger partial charge is 0.224 e. The molecule has 0 spiro atoms. The number of halogens is 1. The zero-order chi connectivity index (χ0) is 18.2. The van der Waals surface area contributed by atoms with Crippen LogP contribution in [0.25, 0.3) is 0 Å². The van der Waals surface area contributed by atoms with Crippen LogP contribution >= 0.6 is 15.9 Å². The van der Waals surface area contributed by atoms with Crippen molar-refractivity contribution in [2.45, 2.75) is 32.6 Å². The van der Waals surface area contributed by atoms with E-state index in [0.29, 0.717) is 36.8 Å². The number of para-hydroxylation sites is 2. The van der Waals surface area contributed by atoms with E-state index in [4.69, 9.17) is 9.47 Å². The second-order valence-corrected chi connectivity index (χ2v) is 6.90. The summed E-state index contributed by atoms with van der Waals surface area (Å²) in [5, 5.41) is 2.86. The molecule has 0 unspecified atom stereocenters. The quantitative estimate of drug-likeness (QED) is 0.599. The second kappa shape index (κ2) is 9.47. The van der Waals surface area contributed by atoms with Gasteiger partial charge in [0.25, 0.3) is 0 Å². The molecule has 0 aliphatic heterocycles. The summed E-state index contributed by atoms with van der Waals surface area (Å²) in [6.07, 6.45) is 1.03. The third-order valence-electron chi connectivity index (χ3n) is 3.81. The van der Waals surface area contributed by atoms with Crippen molar-refractivity contribution in [2.75, 3.05) is 19.0 Å². The van der Waals surface area contributed by atoms with Gasteiger partial charge in [-0.2, -0.15) is 0 Å². The van der Waals surface area contributed by atoms with Gasteiger partial charge in [0.05, 0.1) is 23.9 Å². The van der Waals surface area contributed by atoms with Crippen LogP contribution in [0.2, 0.25) is 0 Å². The number of hydrogen-bond acceptors (Lipinski definition) is 3. The summed E-state index contributed by atoms with van der Waals surface area (Å²) in [4.78, 5) is 12.0. The first-order valence-electron chi connectivity index (χ1n) is 8.36. The molecule has 0 saturated carbocycles. The lowest BCUT2D eigenvalue weighted by Crippen LogP contribution is -2.13. The summed E-state index contributed by atoms with van der Waals surface area (Å²) in [5.41, 5.74) is 1.94. The maximum Gasteiger partial charge on any atom is 0.224 e. The molecule has 2 aromatic carbocycles. The van der Waals surface area contributed by atoms with Crippen molar-refractivity contribution >= 4 is 27.5 Å². The summed E-state index contributed by atoms with van der Waals surface area (Å²) < 4.78 is 11.9. The Morgan fingerprint density at radius 1 is 1.16 bits per heavy atom. The van der Waals surface area contributed by atoms with Crippen molar-refractivity contribution in [1.82, 2.24) is 0 Å². The first-order chi connectivity index (χ1) is 12.0. The van der Waals surface area contributed by atoms with Gasteiger partial charge in [-0.25, -0.2) is 0 Å². The molecule has 2 aromatic rings. The Hall–Kier alpha value is -2.01. The number of carbonyl (C=O) groups is 1. The zero-order valence-corrected chi connectivity index (χ0v) is 16.4. The van der Waals surface area contributed by atoms with Crippen molar-refractivity contribution in [1.29, 1.82) is 0 Å². The fraction of sp³-hybridized carbons (Fsp3) is 0.350. The highest BCUT2D eigenvalue weighted by atomic mass is 79.9. The molecular weight excluding hydrogens is 382 g/mol. The van der Waals surface area contributed by atoms with E-state index in [9.17, 15) is 4.79 Å². The van der Waals surface area contributed by atoms with E-state index < -0.39 is 0 Å². The molecular formula is C20H24BrNO3. The molecule has 1 N–H and O–H groups in total. The van der Waals surface area contributed by atoms with Crippen molar-refractivity contribution in [3.63, 3.8) is 0 Å². The van der Waals surface area contributed by atoms with E-state index in [2.05, 4.69) is 47.2 Å². The number of benzene rings is 2. The molecule has 0 heterocycles. The Bertz CT molecular complexity index is 716. The highest BCUT2D eigenvalue weighted by Crippen LogP contribution is 2.29. The highest BCUT2D eigenvalue weighted by Gasteiger charge is 2.08. The van der Waals surface area contributed by atoms with E-state index in [0.717, 1.165) is 10.2 Å². The topological polar surface area (TPSA) is 47.6 Å². The van der Waals surface area contributed by atoms with Gasteiger partial charge in [0, 0.05) is 6.42 Å². The van der Waals surface area contributed by atoms with Gasteiger partial charge in [-0.3, -0.25) is 4.79 Å². The molecule has 0 radical (unpaired) electrons. The van der Waals surface area contributed by atoms with Gasteiger partial charge in [0.15, 0.2) is 0 Å². The van der Waals surface area contributed by atoms with Gasteiger partial charge in [0.2, 0.25) is 5.91 Å². The molecule has 0 fully saturated rings. The van der Waals surface area contributed by atoms with Crippen LogP contribution < -0.4 is 14.8 Å². The van der Waals surface area contributed by atoms with Crippen LogP contribution in [0.1, 0.15) is 38.2 Å². The Morgan fingerprint density at radius 2 is 1.92 bits per heavy atom. The zero-order valence-electron chi connectivity index (χ0n) is 14.8. The number of ether oxygens (including phenoxy) is 2. The molecule has 0 bridgehead atoms. The minimum absolute atomic E-state index is 0.0534. The lowest BCUT2D eigenvalue weighted by molar-refractivity contribution is -0.116. The Kier molecular flexibility index (Phi) is 7.31. The molecule has 1 amide bonds. The average molecular weight is 406 g/mol. The molecule has 0 atom stereocenters. The molecule has 0 aliphatic rings. The summed E-state index contributed by atoms with van der Waals surface area (Å²) in [5.74, 6) is 1.88. The number of nitrogens with one attached hydrogen (secondary N) is 1. The molecule has 4 nitrogen and oxygen atoms in total. The lowest BCUT2D eigenvalue weighted by atomic mass is 10.0. The van der Waals surface area contributed by atoms with Crippen molar-refractivity contribution in [2.24, 2.45) is 0 Å². The summed E-state index contributed by atoms with van der Waals surface area (Å²) in [7, 11) is 1.58. The van der Waals surface area contributed by atoms with Crippen molar-refractivity contribution in [3.05, 3.63) is 52.5 Å². The maximum atomic E-state index is 12.0. The van der Waals surface area contributed by atoms with Gasteiger partial charge in [-0.1, -0.05) is 32.0 Å². The number of anilines is 1. The standard InChI is InChI=1S/C20H24BrNO3/c1-14(2)15-10-11-18(16(21)13-15)25-12-6-9-20(23)22-17-7-4-5-8-19(17)24-3/h4-5,7-8,10-11,13-14H,6,9,12H2,1-3H3,(H,22,23). The van der Waals surface area contributed by atoms with Gasteiger partial charge >= 0.3 is 0 Å². The van der Waals surface area contributed by atoms with E-state index in [1.807, 2.05) is 30.3 Å². The molecule has 25 heavy (non-hydrogen) atoms. The fourth-order valence-electron chi connectivity index (χ4n) is 2.37. The van der Waals surface area contributed by atoms with Crippen LogP contribution in [-0.4, -0.2) is 19.6 Å². The highest BCUT2D eigenvalue weighted by molar-refractivity contribution is 9.10. The van der Waals surface area contributed by atoms with E-state index in [1.165, 1.54) is 5.56 Å². The number of rotatable bonds is 8. The van der Waals surface area contributed by atoms with Crippen LogP contribution in [-0.2, 0) is 4.79 Å². The third-order valence-corrected chi connectivity index (χ3v) is 4.43. The molecule has 0 saturated heterocycles. The first kappa shape index (κ1) is 19.3. The third kappa shape index (κ3) is 5.78. The Labute approximate surface area is 157 Å². The predicted octanol–water partition coefficient (Wildman–Crippen LogP) is 5.38. The molecule has 5 heteroatoms. The van der Waals surface area contributed by atoms with Gasteiger partial charge in [0.1, 0.15) is 11.5 Å². The monoisotopic (exact) mass is 405 g/mol. The average Bonchev–Trinajstić information content (AvgIpc) is 2.60.